The van der Waals surface area contributed by atoms with Crippen molar-refractivity contribution in [1.29, 1.82) is 0 Å². The maximum Gasteiger partial charge on any atom is 0.214 e. The molecule has 0 aliphatic carbocycles. The second-order valence-electron chi connectivity index (χ2n) is 5.43. The zero-order chi connectivity index (χ0) is 11.8. The van der Waals surface area contributed by atoms with E-state index in [0.717, 1.165) is 19.5 Å². The van der Waals surface area contributed by atoms with Crippen LogP contribution >= 0.6 is 0 Å². The molecule has 2 aliphatic rings. The first-order chi connectivity index (χ1) is 7.49. The standard InChI is InChI=1S/C11H22N2O2S/c1-9-6-13(16(14,15)8-9)7-11-5-12-4-3-10(11)2/h9-12H,3-8H2,1-2H3. The van der Waals surface area contributed by atoms with E-state index in [9.17, 15) is 8.42 Å². The van der Waals surface area contributed by atoms with Crippen molar-refractivity contribution in [3.05, 3.63) is 0 Å². The van der Waals surface area contributed by atoms with E-state index < -0.39 is 10.0 Å². The molecule has 0 aromatic rings. The van der Waals surface area contributed by atoms with Gasteiger partial charge in [-0.3, -0.25) is 0 Å². The highest BCUT2D eigenvalue weighted by molar-refractivity contribution is 7.89. The summed E-state index contributed by atoms with van der Waals surface area (Å²) in [6.45, 7) is 7.70. The fourth-order valence-corrected chi connectivity index (χ4v) is 4.66. The van der Waals surface area contributed by atoms with Crippen LogP contribution in [0.2, 0.25) is 0 Å². The minimum Gasteiger partial charge on any atom is -0.316 e. The third-order valence-electron chi connectivity index (χ3n) is 3.83. The van der Waals surface area contributed by atoms with Crippen molar-refractivity contribution in [2.45, 2.75) is 20.3 Å². The summed E-state index contributed by atoms with van der Waals surface area (Å²) < 4.78 is 25.4. The number of sulfonamides is 1. The smallest absolute Gasteiger partial charge is 0.214 e. The Morgan fingerprint density at radius 1 is 1.38 bits per heavy atom. The average Bonchev–Trinajstić information content (AvgIpc) is 2.43. The molecule has 0 radical (unpaired) electrons. The van der Waals surface area contributed by atoms with Gasteiger partial charge in [0, 0.05) is 13.1 Å². The van der Waals surface area contributed by atoms with Crippen molar-refractivity contribution >= 4 is 10.0 Å². The van der Waals surface area contributed by atoms with E-state index in [4.69, 9.17) is 0 Å². The van der Waals surface area contributed by atoms with E-state index in [1.54, 1.807) is 4.31 Å². The lowest BCUT2D eigenvalue weighted by atomic mass is 9.88. The van der Waals surface area contributed by atoms with Crippen LogP contribution in [-0.4, -0.2) is 44.7 Å². The van der Waals surface area contributed by atoms with Gasteiger partial charge in [0.15, 0.2) is 0 Å². The van der Waals surface area contributed by atoms with Gasteiger partial charge in [0.25, 0.3) is 0 Å². The summed E-state index contributed by atoms with van der Waals surface area (Å²) in [6.07, 6.45) is 1.16. The molecule has 1 N–H and O–H groups in total. The molecule has 5 heteroatoms. The quantitative estimate of drug-likeness (QED) is 0.772. The third kappa shape index (κ3) is 2.57. The van der Waals surface area contributed by atoms with Crippen LogP contribution in [0.3, 0.4) is 0 Å². The monoisotopic (exact) mass is 246 g/mol. The van der Waals surface area contributed by atoms with Gasteiger partial charge in [-0.1, -0.05) is 13.8 Å². The Morgan fingerprint density at radius 2 is 2.12 bits per heavy atom. The molecule has 4 nitrogen and oxygen atoms in total. The minimum absolute atomic E-state index is 0.289. The van der Waals surface area contributed by atoms with Gasteiger partial charge in [0.2, 0.25) is 10.0 Å². The number of nitrogens with zero attached hydrogens (tertiary/aromatic N) is 1. The van der Waals surface area contributed by atoms with E-state index in [2.05, 4.69) is 12.2 Å². The number of hydrogen-bond donors (Lipinski definition) is 1. The topological polar surface area (TPSA) is 49.4 Å². The molecule has 0 saturated carbocycles. The SMILES string of the molecule is CC1CN(CC2CNCCC2C)S(=O)(=O)C1. The fraction of sp³-hybridized carbons (Fsp3) is 1.00. The molecule has 0 bridgehead atoms. The van der Waals surface area contributed by atoms with Crippen LogP contribution < -0.4 is 5.32 Å². The van der Waals surface area contributed by atoms with E-state index in [1.807, 2.05) is 6.92 Å². The third-order valence-corrected chi connectivity index (χ3v) is 5.90. The molecule has 3 atom stereocenters. The number of rotatable bonds is 2. The number of hydrogen-bond acceptors (Lipinski definition) is 3. The Kier molecular flexibility index (Phi) is 3.56. The van der Waals surface area contributed by atoms with Gasteiger partial charge >= 0.3 is 0 Å². The van der Waals surface area contributed by atoms with E-state index in [0.29, 0.717) is 30.7 Å². The van der Waals surface area contributed by atoms with Crippen LogP contribution in [-0.2, 0) is 10.0 Å². The first-order valence-electron chi connectivity index (χ1n) is 6.17. The second-order valence-corrected chi connectivity index (χ2v) is 7.44. The van der Waals surface area contributed by atoms with Gasteiger partial charge in [-0.2, -0.15) is 0 Å². The van der Waals surface area contributed by atoms with Gasteiger partial charge in [-0.25, -0.2) is 12.7 Å². The summed E-state index contributed by atoms with van der Waals surface area (Å²) >= 11 is 0. The van der Waals surface area contributed by atoms with Gasteiger partial charge in [0.05, 0.1) is 5.75 Å². The zero-order valence-electron chi connectivity index (χ0n) is 10.1. The predicted molar refractivity (Wildman–Crippen MR) is 64.7 cm³/mol. The molecule has 2 rings (SSSR count). The summed E-state index contributed by atoms with van der Waals surface area (Å²) in [5.41, 5.74) is 0. The van der Waals surface area contributed by atoms with Gasteiger partial charge in [0.1, 0.15) is 0 Å². The highest BCUT2D eigenvalue weighted by Gasteiger charge is 2.36. The van der Waals surface area contributed by atoms with Crippen LogP contribution in [0.5, 0.6) is 0 Å². The maximum absolute atomic E-state index is 11.9. The van der Waals surface area contributed by atoms with Gasteiger partial charge < -0.3 is 5.32 Å². The van der Waals surface area contributed by atoms with Crippen molar-refractivity contribution in [2.75, 3.05) is 31.9 Å². The molecule has 2 heterocycles. The highest BCUT2D eigenvalue weighted by atomic mass is 32.2. The van der Waals surface area contributed by atoms with Gasteiger partial charge in [-0.15, -0.1) is 0 Å². The highest BCUT2D eigenvalue weighted by Crippen LogP contribution is 2.25. The second kappa shape index (κ2) is 4.63. The van der Waals surface area contributed by atoms with E-state index in [-0.39, 0.29) is 5.92 Å². The normalized spacial score (nSPS) is 40.0. The summed E-state index contributed by atoms with van der Waals surface area (Å²) in [5.74, 6) is 1.74. The summed E-state index contributed by atoms with van der Waals surface area (Å²) in [6, 6.07) is 0. The molecule has 0 aromatic heterocycles. The summed E-state index contributed by atoms with van der Waals surface area (Å²) in [4.78, 5) is 0. The lowest BCUT2D eigenvalue weighted by Gasteiger charge is -2.32. The molecule has 0 spiro atoms. The molecule has 2 saturated heterocycles. The van der Waals surface area contributed by atoms with Crippen molar-refractivity contribution in [1.82, 2.24) is 9.62 Å². The number of nitrogens with one attached hydrogen (secondary N) is 1. The minimum atomic E-state index is -2.95. The largest absolute Gasteiger partial charge is 0.316 e. The number of piperidine rings is 1. The molecule has 2 fully saturated rings. The Balaban J connectivity index is 1.99. The molecule has 0 amide bonds. The Labute approximate surface area is 98.4 Å². The van der Waals surface area contributed by atoms with Gasteiger partial charge in [-0.05, 0) is 37.3 Å². The van der Waals surface area contributed by atoms with Crippen molar-refractivity contribution in [3.8, 4) is 0 Å². The Hall–Kier alpha value is -0.130. The van der Waals surface area contributed by atoms with Crippen LogP contribution in [0.4, 0.5) is 0 Å². The lowest BCUT2D eigenvalue weighted by Crippen LogP contribution is -2.42. The first kappa shape index (κ1) is 12.3. The summed E-state index contributed by atoms with van der Waals surface area (Å²) in [7, 11) is -2.95. The Bertz CT molecular complexity index is 342. The van der Waals surface area contributed by atoms with E-state index in [1.165, 1.54) is 0 Å². The van der Waals surface area contributed by atoms with Crippen molar-refractivity contribution in [3.63, 3.8) is 0 Å². The van der Waals surface area contributed by atoms with Crippen molar-refractivity contribution < 1.29 is 8.42 Å². The predicted octanol–water partition coefficient (Wildman–Crippen LogP) is 0.513. The van der Waals surface area contributed by atoms with Crippen LogP contribution in [0, 0.1) is 17.8 Å². The zero-order valence-corrected chi connectivity index (χ0v) is 11.0. The molecule has 16 heavy (non-hydrogen) atoms. The Morgan fingerprint density at radius 3 is 2.69 bits per heavy atom. The first-order valence-corrected chi connectivity index (χ1v) is 7.78. The molecule has 0 aromatic carbocycles. The van der Waals surface area contributed by atoms with Crippen LogP contribution in [0.25, 0.3) is 0 Å². The average molecular weight is 246 g/mol. The van der Waals surface area contributed by atoms with Crippen LogP contribution in [0.15, 0.2) is 0 Å². The molecule has 2 aliphatic heterocycles. The molecular weight excluding hydrogens is 224 g/mol. The maximum atomic E-state index is 11.9. The fourth-order valence-electron chi connectivity index (χ4n) is 2.73. The molecule has 3 unspecified atom stereocenters. The molecule has 94 valence electrons. The van der Waals surface area contributed by atoms with E-state index >= 15 is 0 Å². The van der Waals surface area contributed by atoms with Crippen molar-refractivity contribution in [2.24, 2.45) is 17.8 Å². The van der Waals surface area contributed by atoms with Crippen LogP contribution in [0.1, 0.15) is 20.3 Å². The summed E-state index contributed by atoms with van der Waals surface area (Å²) in [5, 5.41) is 3.36. The lowest BCUT2D eigenvalue weighted by molar-refractivity contribution is 0.226. The molecular formula is C11H22N2O2S.